The second kappa shape index (κ2) is 3.76. The van der Waals surface area contributed by atoms with Crippen LogP contribution in [0.5, 0.6) is 5.75 Å². The van der Waals surface area contributed by atoms with Gasteiger partial charge in [0.2, 0.25) is 0 Å². The van der Waals surface area contributed by atoms with Crippen molar-refractivity contribution in [1.82, 2.24) is 9.97 Å². The number of pyridine rings is 1. The summed E-state index contributed by atoms with van der Waals surface area (Å²) in [5.41, 5.74) is 0.304. The molecule has 0 bridgehead atoms. The third-order valence-corrected chi connectivity index (χ3v) is 2.18. The Labute approximate surface area is 98.4 Å². The summed E-state index contributed by atoms with van der Waals surface area (Å²) in [7, 11) is 0. The molecule has 0 aliphatic carbocycles. The summed E-state index contributed by atoms with van der Waals surface area (Å²) >= 11 is 0. The van der Waals surface area contributed by atoms with Crippen LogP contribution in [0, 0.1) is 0 Å². The van der Waals surface area contributed by atoms with Crippen molar-refractivity contribution in [3.63, 3.8) is 0 Å². The molecular weight excluding hydrogens is 220 g/mol. The number of H-pyrrole nitrogens is 1. The third-order valence-electron chi connectivity index (χ3n) is 2.18. The molecule has 0 aromatic carbocycles. The highest BCUT2D eigenvalue weighted by Crippen LogP contribution is 2.29. The van der Waals surface area contributed by atoms with Crippen molar-refractivity contribution >= 4 is 17.0 Å². The van der Waals surface area contributed by atoms with Gasteiger partial charge >= 0.3 is 5.97 Å². The molecule has 90 valence electrons. The van der Waals surface area contributed by atoms with Gasteiger partial charge in [-0.2, -0.15) is 0 Å². The van der Waals surface area contributed by atoms with Crippen LogP contribution in [0.1, 0.15) is 31.1 Å². The van der Waals surface area contributed by atoms with Crippen LogP contribution in [0.2, 0.25) is 0 Å². The van der Waals surface area contributed by atoms with Crippen molar-refractivity contribution in [3.8, 4) is 5.75 Å². The minimum absolute atomic E-state index is 0.173. The minimum atomic E-state index is -0.997. The van der Waals surface area contributed by atoms with Crippen molar-refractivity contribution in [2.75, 3.05) is 0 Å². The second-order valence-corrected chi connectivity index (χ2v) is 4.75. The van der Waals surface area contributed by atoms with E-state index in [1.54, 1.807) is 12.3 Å². The summed E-state index contributed by atoms with van der Waals surface area (Å²) < 4.78 is 5.74. The van der Waals surface area contributed by atoms with E-state index in [2.05, 4.69) is 9.97 Å². The van der Waals surface area contributed by atoms with E-state index >= 15 is 0 Å². The van der Waals surface area contributed by atoms with E-state index in [1.165, 1.54) is 6.20 Å². The summed E-state index contributed by atoms with van der Waals surface area (Å²) in [5.74, 6) is -0.468. The lowest BCUT2D eigenvalue weighted by Gasteiger charge is -2.21. The highest BCUT2D eigenvalue weighted by Gasteiger charge is 2.19. The van der Waals surface area contributed by atoms with Gasteiger partial charge in [0.1, 0.15) is 17.0 Å². The number of carbonyl (C=O) groups is 1. The summed E-state index contributed by atoms with van der Waals surface area (Å²) in [6.45, 7) is 5.73. The van der Waals surface area contributed by atoms with Crippen LogP contribution in [-0.4, -0.2) is 26.6 Å². The SMILES string of the molecule is CC(C)(C)Oc1ccnc2[nH]cc(C(=O)O)c12. The Morgan fingerprint density at radius 2 is 2.18 bits per heavy atom. The molecule has 0 unspecified atom stereocenters. The van der Waals surface area contributed by atoms with E-state index in [0.29, 0.717) is 16.8 Å². The van der Waals surface area contributed by atoms with Gasteiger partial charge in [-0.1, -0.05) is 0 Å². The molecular formula is C12H14N2O3. The van der Waals surface area contributed by atoms with Gasteiger partial charge in [0.05, 0.1) is 10.9 Å². The Morgan fingerprint density at radius 3 is 2.76 bits per heavy atom. The van der Waals surface area contributed by atoms with Crippen molar-refractivity contribution in [3.05, 3.63) is 24.0 Å². The molecule has 0 fully saturated rings. The molecule has 0 spiro atoms. The third kappa shape index (κ3) is 2.22. The van der Waals surface area contributed by atoms with Gasteiger partial charge in [0, 0.05) is 12.4 Å². The summed E-state index contributed by atoms with van der Waals surface area (Å²) in [4.78, 5) is 18.0. The number of carboxylic acid groups (broad SMARTS) is 1. The number of ether oxygens (including phenoxy) is 1. The lowest BCUT2D eigenvalue weighted by Crippen LogP contribution is -2.23. The molecule has 0 aliphatic rings. The molecule has 0 amide bonds. The van der Waals surface area contributed by atoms with Crippen molar-refractivity contribution in [2.45, 2.75) is 26.4 Å². The van der Waals surface area contributed by atoms with Crippen LogP contribution >= 0.6 is 0 Å². The van der Waals surface area contributed by atoms with Gasteiger partial charge in [0.25, 0.3) is 0 Å². The normalized spacial score (nSPS) is 11.7. The van der Waals surface area contributed by atoms with Crippen LogP contribution in [0.25, 0.3) is 11.0 Å². The molecule has 2 aromatic heterocycles. The highest BCUT2D eigenvalue weighted by molar-refractivity contribution is 6.04. The first-order valence-corrected chi connectivity index (χ1v) is 5.27. The van der Waals surface area contributed by atoms with Crippen molar-refractivity contribution < 1.29 is 14.6 Å². The minimum Gasteiger partial charge on any atom is -0.487 e. The van der Waals surface area contributed by atoms with E-state index in [-0.39, 0.29) is 11.2 Å². The zero-order chi connectivity index (χ0) is 12.6. The Bertz CT molecular complexity index is 567. The van der Waals surface area contributed by atoms with Gasteiger partial charge < -0.3 is 14.8 Å². The van der Waals surface area contributed by atoms with E-state index in [4.69, 9.17) is 9.84 Å². The maximum Gasteiger partial charge on any atom is 0.338 e. The van der Waals surface area contributed by atoms with E-state index in [9.17, 15) is 4.79 Å². The number of fused-ring (bicyclic) bond motifs is 1. The summed E-state index contributed by atoms with van der Waals surface area (Å²) in [6.07, 6.45) is 3.01. The number of hydrogen-bond acceptors (Lipinski definition) is 3. The average Bonchev–Trinajstić information content (AvgIpc) is 2.59. The molecule has 2 aromatic rings. The first-order chi connectivity index (χ1) is 7.88. The Kier molecular flexibility index (Phi) is 2.53. The molecule has 5 nitrogen and oxygen atoms in total. The number of aromatic amines is 1. The predicted molar refractivity (Wildman–Crippen MR) is 63.4 cm³/mol. The van der Waals surface area contributed by atoms with Gasteiger partial charge in [-0.05, 0) is 26.8 Å². The fourth-order valence-corrected chi connectivity index (χ4v) is 1.61. The number of rotatable bonds is 2. The molecule has 0 saturated carbocycles. The second-order valence-electron chi connectivity index (χ2n) is 4.75. The quantitative estimate of drug-likeness (QED) is 0.836. The number of aromatic nitrogens is 2. The summed E-state index contributed by atoms with van der Waals surface area (Å²) in [5, 5.41) is 9.60. The largest absolute Gasteiger partial charge is 0.487 e. The van der Waals surface area contributed by atoms with Crippen LogP contribution in [0.4, 0.5) is 0 Å². The molecule has 2 rings (SSSR count). The standard InChI is InChI=1S/C12H14N2O3/c1-12(2,3)17-8-4-5-13-10-9(8)7(6-14-10)11(15)16/h4-6H,1-3H3,(H,13,14)(H,15,16). The van der Waals surface area contributed by atoms with Gasteiger partial charge in [0.15, 0.2) is 0 Å². The topological polar surface area (TPSA) is 75.2 Å². The van der Waals surface area contributed by atoms with Crippen LogP contribution in [0.3, 0.4) is 0 Å². The van der Waals surface area contributed by atoms with Gasteiger partial charge in [-0.3, -0.25) is 0 Å². The van der Waals surface area contributed by atoms with E-state index < -0.39 is 5.97 Å². The smallest absolute Gasteiger partial charge is 0.338 e. The van der Waals surface area contributed by atoms with E-state index in [0.717, 1.165) is 0 Å². The molecule has 0 aliphatic heterocycles. The fraction of sp³-hybridized carbons (Fsp3) is 0.333. The van der Waals surface area contributed by atoms with Gasteiger partial charge in [-0.25, -0.2) is 9.78 Å². The fourth-order valence-electron chi connectivity index (χ4n) is 1.61. The number of hydrogen-bond donors (Lipinski definition) is 2. The molecule has 0 saturated heterocycles. The van der Waals surface area contributed by atoms with Gasteiger partial charge in [-0.15, -0.1) is 0 Å². The van der Waals surface area contributed by atoms with Crippen LogP contribution in [-0.2, 0) is 0 Å². The lowest BCUT2D eigenvalue weighted by atomic mass is 10.1. The van der Waals surface area contributed by atoms with Crippen molar-refractivity contribution in [2.24, 2.45) is 0 Å². The van der Waals surface area contributed by atoms with Crippen molar-refractivity contribution in [1.29, 1.82) is 0 Å². The Hall–Kier alpha value is -2.04. The lowest BCUT2D eigenvalue weighted by molar-refractivity contribution is 0.0697. The number of nitrogens with one attached hydrogen (secondary N) is 1. The molecule has 5 heteroatoms. The monoisotopic (exact) mass is 234 g/mol. The van der Waals surface area contributed by atoms with E-state index in [1.807, 2.05) is 20.8 Å². The maximum atomic E-state index is 11.1. The molecule has 2 N–H and O–H groups in total. The average molecular weight is 234 g/mol. The zero-order valence-electron chi connectivity index (χ0n) is 9.94. The first kappa shape index (κ1) is 11.4. The van der Waals surface area contributed by atoms with Crippen LogP contribution < -0.4 is 4.74 Å². The predicted octanol–water partition coefficient (Wildman–Crippen LogP) is 2.44. The molecule has 0 atom stereocenters. The molecule has 2 heterocycles. The Balaban J connectivity index is 2.62. The Morgan fingerprint density at radius 1 is 1.47 bits per heavy atom. The maximum absolute atomic E-state index is 11.1. The molecule has 0 radical (unpaired) electrons. The molecule has 17 heavy (non-hydrogen) atoms. The first-order valence-electron chi connectivity index (χ1n) is 5.27. The number of nitrogens with zero attached hydrogens (tertiary/aromatic N) is 1. The highest BCUT2D eigenvalue weighted by atomic mass is 16.5. The van der Waals surface area contributed by atoms with Crippen LogP contribution in [0.15, 0.2) is 18.5 Å². The summed E-state index contributed by atoms with van der Waals surface area (Å²) in [6, 6.07) is 1.67. The zero-order valence-corrected chi connectivity index (χ0v) is 9.94. The number of aromatic carboxylic acids is 1. The number of carboxylic acids is 1.